The van der Waals surface area contributed by atoms with Crippen molar-refractivity contribution in [2.75, 3.05) is 0 Å². The molecule has 1 heterocycles. The van der Waals surface area contributed by atoms with Crippen molar-refractivity contribution in [1.29, 1.82) is 0 Å². The van der Waals surface area contributed by atoms with Crippen molar-refractivity contribution in [3.05, 3.63) is 28.3 Å². The van der Waals surface area contributed by atoms with Crippen molar-refractivity contribution in [1.82, 2.24) is 0 Å². The SMILES string of the molecule is CCCc1cc2c(c(Cl)c1OC(C)C)OC(C)(C)C=C2C(C)C. The Kier molecular flexibility index (Phi) is 5.35. The van der Waals surface area contributed by atoms with Crippen molar-refractivity contribution in [3.63, 3.8) is 0 Å². The summed E-state index contributed by atoms with van der Waals surface area (Å²) in [7, 11) is 0. The topological polar surface area (TPSA) is 18.5 Å². The second-order valence-corrected chi connectivity index (χ2v) is 7.81. The first-order chi connectivity index (χ1) is 10.7. The first-order valence-corrected chi connectivity index (χ1v) is 8.98. The van der Waals surface area contributed by atoms with Gasteiger partial charge in [0.2, 0.25) is 0 Å². The number of fused-ring (bicyclic) bond motifs is 1. The van der Waals surface area contributed by atoms with Gasteiger partial charge in [-0.15, -0.1) is 0 Å². The Bertz CT molecular complexity index is 613. The lowest BCUT2D eigenvalue weighted by molar-refractivity contribution is 0.155. The Labute approximate surface area is 145 Å². The van der Waals surface area contributed by atoms with E-state index >= 15 is 0 Å². The zero-order valence-electron chi connectivity index (χ0n) is 15.4. The van der Waals surface area contributed by atoms with Crippen molar-refractivity contribution in [2.24, 2.45) is 5.92 Å². The van der Waals surface area contributed by atoms with Crippen LogP contribution < -0.4 is 9.47 Å². The van der Waals surface area contributed by atoms with E-state index in [4.69, 9.17) is 21.1 Å². The van der Waals surface area contributed by atoms with E-state index in [0.29, 0.717) is 10.9 Å². The Morgan fingerprint density at radius 3 is 2.39 bits per heavy atom. The summed E-state index contributed by atoms with van der Waals surface area (Å²) in [5, 5.41) is 0.610. The maximum absolute atomic E-state index is 6.73. The van der Waals surface area contributed by atoms with E-state index in [1.807, 2.05) is 13.8 Å². The molecule has 0 fully saturated rings. The van der Waals surface area contributed by atoms with E-state index in [-0.39, 0.29) is 11.7 Å². The molecule has 0 unspecified atom stereocenters. The van der Waals surface area contributed by atoms with Gasteiger partial charge in [0, 0.05) is 5.56 Å². The maximum Gasteiger partial charge on any atom is 0.150 e. The highest BCUT2D eigenvalue weighted by molar-refractivity contribution is 6.34. The fourth-order valence-corrected chi connectivity index (χ4v) is 3.33. The summed E-state index contributed by atoms with van der Waals surface area (Å²) < 4.78 is 12.2. The zero-order valence-corrected chi connectivity index (χ0v) is 16.2. The molecule has 128 valence electrons. The molecule has 0 spiro atoms. The highest BCUT2D eigenvalue weighted by atomic mass is 35.5. The summed E-state index contributed by atoms with van der Waals surface area (Å²) in [5.74, 6) is 1.96. The van der Waals surface area contributed by atoms with Crippen LogP contribution in [0.4, 0.5) is 0 Å². The van der Waals surface area contributed by atoms with Gasteiger partial charge in [-0.2, -0.15) is 0 Å². The predicted molar refractivity (Wildman–Crippen MR) is 98.7 cm³/mol. The van der Waals surface area contributed by atoms with Crippen molar-refractivity contribution < 1.29 is 9.47 Å². The molecular formula is C20H29ClO2. The van der Waals surface area contributed by atoms with Gasteiger partial charge >= 0.3 is 0 Å². The van der Waals surface area contributed by atoms with Crippen molar-refractivity contribution in [2.45, 2.75) is 73.0 Å². The highest BCUT2D eigenvalue weighted by Gasteiger charge is 2.32. The highest BCUT2D eigenvalue weighted by Crippen LogP contribution is 2.49. The summed E-state index contributed by atoms with van der Waals surface area (Å²) in [6, 6.07) is 2.21. The average Bonchev–Trinajstić information content (AvgIpc) is 2.42. The third-order valence-electron chi connectivity index (χ3n) is 3.93. The van der Waals surface area contributed by atoms with Gasteiger partial charge in [0.25, 0.3) is 0 Å². The normalized spacial score (nSPS) is 16.2. The first-order valence-electron chi connectivity index (χ1n) is 8.60. The molecule has 0 saturated carbocycles. The van der Waals surface area contributed by atoms with Gasteiger partial charge in [-0.3, -0.25) is 0 Å². The largest absolute Gasteiger partial charge is 0.489 e. The number of hydrogen-bond acceptors (Lipinski definition) is 2. The Morgan fingerprint density at radius 1 is 1.22 bits per heavy atom. The van der Waals surface area contributed by atoms with E-state index in [9.17, 15) is 0 Å². The van der Waals surface area contributed by atoms with E-state index in [1.54, 1.807) is 0 Å². The van der Waals surface area contributed by atoms with Crippen LogP contribution in [0.15, 0.2) is 12.1 Å². The van der Waals surface area contributed by atoms with Gasteiger partial charge in [-0.25, -0.2) is 0 Å². The molecule has 1 aliphatic rings. The molecular weight excluding hydrogens is 308 g/mol. The Morgan fingerprint density at radius 2 is 1.87 bits per heavy atom. The zero-order chi connectivity index (χ0) is 17.4. The number of hydrogen-bond donors (Lipinski definition) is 0. The lowest BCUT2D eigenvalue weighted by atomic mass is 9.86. The lowest BCUT2D eigenvalue weighted by Crippen LogP contribution is -2.30. The minimum atomic E-state index is -0.363. The molecule has 0 N–H and O–H groups in total. The summed E-state index contributed by atoms with van der Waals surface area (Å²) in [5.41, 5.74) is 3.22. The second kappa shape index (κ2) is 6.76. The molecule has 0 atom stereocenters. The van der Waals surface area contributed by atoms with E-state index < -0.39 is 0 Å². The Hall–Kier alpha value is -1.15. The van der Waals surface area contributed by atoms with Crippen LogP contribution >= 0.6 is 11.6 Å². The predicted octanol–water partition coefficient (Wildman–Crippen LogP) is 6.29. The molecule has 0 aliphatic carbocycles. The summed E-state index contributed by atoms with van der Waals surface area (Å²) in [6.45, 7) is 14.8. The smallest absolute Gasteiger partial charge is 0.150 e. The molecule has 1 aliphatic heterocycles. The molecule has 2 nitrogen and oxygen atoms in total. The standard InChI is InChI=1S/C20H29ClO2/c1-8-9-14-10-15-16(12(2)3)11-20(6,7)23-19(15)17(21)18(14)22-13(4)5/h10-13H,8-9H2,1-7H3. The van der Waals surface area contributed by atoms with E-state index in [0.717, 1.165) is 29.9 Å². The lowest BCUT2D eigenvalue weighted by Gasteiger charge is -2.34. The van der Waals surface area contributed by atoms with Crippen LogP contribution in [0.25, 0.3) is 5.57 Å². The molecule has 0 bridgehead atoms. The summed E-state index contributed by atoms with van der Waals surface area (Å²) in [6.07, 6.45) is 4.30. The summed E-state index contributed by atoms with van der Waals surface area (Å²) in [4.78, 5) is 0. The number of rotatable bonds is 5. The van der Waals surface area contributed by atoms with Gasteiger partial charge in [-0.05, 0) is 63.3 Å². The quantitative estimate of drug-likeness (QED) is 0.629. The number of ether oxygens (including phenoxy) is 2. The fourth-order valence-electron chi connectivity index (χ4n) is 3.02. The minimum absolute atomic E-state index is 0.0814. The van der Waals surface area contributed by atoms with Crippen molar-refractivity contribution >= 4 is 17.2 Å². The van der Waals surface area contributed by atoms with Crippen LogP contribution in [0.1, 0.15) is 66.0 Å². The third kappa shape index (κ3) is 3.85. The molecule has 1 aromatic carbocycles. The van der Waals surface area contributed by atoms with Gasteiger partial charge in [0.15, 0.2) is 5.75 Å². The van der Waals surface area contributed by atoms with Crippen LogP contribution in [0.3, 0.4) is 0 Å². The van der Waals surface area contributed by atoms with Crippen molar-refractivity contribution in [3.8, 4) is 11.5 Å². The van der Waals surface area contributed by atoms with Gasteiger partial charge in [-0.1, -0.05) is 38.8 Å². The minimum Gasteiger partial charge on any atom is -0.489 e. The van der Waals surface area contributed by atoms with Crippen LogP contribution in [0.2, 0.25) is 5.02 Å². The molecule has 0 saturated heterocycles. The van der Waals surface area contributed by atoms with Crippen LogP contribution in [0, 0.1) is 5.92 Å². The van der Waals surface area contributed by atoms with E-state index in [1.165, 1.54) is 11.1 Å². The molecule has 23 heavy (non-hydrogen) atoms. The average molecular weight is 337 g/mol. The van der Waals surface area contributed by atoms with E-state index in [2.05, 4.69) is 46.8 Å². The summed E-state index contributed by atoms with van der Waals surface area (Å²) >= 11 is 6.73. The molecule has 0 radical (unpaired) electrons. The number of allylic oxidation sites excluding steroid dienone is 1. The third-order valence-corrected chi connectivity index (χ3v) is 4.27. The molecule has 3 heteroatoms. The Balaban J connectivity index is 2.68. The van der Waals surface area contributed by atoms with Gasteiger partial charge in [0.1, 0.15) is 16.4 Å². The van der Waals surface area contributed by atoms with Crippen LogP contribution in [-0.4, -0.2) is 11.7 Å². The number of aryl methyl sites for hydroxylation is 1. The molecule has 1 aromatic rings. The molecule has 0 aromatic heterocycles. The van der Waals surface area contributed by atoms with Gasteiger partial charge in [0.05, 0.1) is 6.10 Å². The van der Waals surface area contributed by atoms with Crippen LogP contribution in [-0.2, 0) is 6.42 Å². The number of benzene rings is 1. The molecule has 0 amide bonds. The second-order valence-electron chi connectivity index (χ2n) is 7.43. The number of halogens is 1. The first kappa shape index (κ1) is 18.2. The molecule has 2 rings (SSSR count). The van der Waals surface area contributed by atoms with Gasteiger partial charge < -0.3 is 9.47 Å². The fraction of sp³-hybridized carbons (Fsp3) is 0.600. The van der Waals surface area contributed by atoms with Crippen LogP contribution in [0.5, 0.6) is 11.5 Å². The maximum atomic E-state index is 6.73. The monoisotopic (exact) mass is 336 g/mol.